The summed E-state index contributed by atoms with van der Waals surface area (Å²) in [6, 6.07) is 14.6. The zero-order chi connectivity index (χ0) is 19.2. The smallest absolute Gasteiger partial charge is 0.308 e. The summed E-state index contributed by atoms with van der Waals surface area (Å²) in [4.78, 5) is 30.5. The lowest BCUT2D eigenvalue weighted by Crippen LogP contribution is -2.21. The van der Waals surface area contributed by atoms with Crippen LogP contribution in [0.5, 0.6) is 5.75 Å². The van der Waals surface area contributed by atoms with Crippen molar-refractivity contribution in [3.63, 3.8) is 0 Å². The van der Waals surface area contributed by atoms with Gasteiger partial charge in [0.25, 0.3) is 5.91 Å². The highest BCUT2D eigenvalue weighted by Crippen LogP contribution is 2.18. The molecule has 0 aliphatic heterocycles. The van der Waals surface area contributed by atoms with Gasteiger partial charge in [-0.15, -0.1) is 0 Å². The van der Waals surface area contributed by atoms with Gasteiger partial charge in [0.2, 0.25) is 0 Å². The van der Waals surface area contributed by atoms with E-state index in [0.29, 0.717) is 16.6 Å². The monoisotopic (exact) mass is 382 g/mol. The molecule has 8 heteroatoms. The molecule has 0 spiro atoms. The number of ether oxygens (including phenoxy) is 1. The number of hydrogen-bond acceptors (Lipinski definition) is 6. The molecule has 27 heavy (non-hydrogen) atoms. The number of aromatic nitrogens is 2. The number of benzene rings is 2. The third-order valence-electron chi connectivity index (χ3n) is 3.59. The Labute approximate surface area is 160 Å². The molecule has 0 aliphatic carbocycles. The molecule has 0 saturated heterocycles. The van der Waals surface area contributed by atoms with Crippen molar-refractivity contribution >= 4 is 40.4 Å². The van der Waals surface area contributed by atoms with E-state index in [9.17, 15) is 9.59 Å². The molecule has 0 fully saturated rings. The minimum atomic E-state index is -0.373. The van der Waals surface area contributed by atoms with Crippen molar-refractivity contribution in [1.82, 2.24) is 15.4 Å². The highest BCUT2D eigenvalue weighted by molar-refractivity contribution is 7.99. The first-order valence-electron chi connectivity index (χ1n) is 8.21. The van der Waals surface area contributed by atoms with E-state index >= 15 is 0 Å². The molecular weight excluding hydrogens is 364 g/mol. The maximum Gasteiger partial charge on any atom is 0.308 e. The molecule has 2 aromatic carbocycles. The highest BCUT2D eigenvalue weighted by atomic mass is 32.2. The van der Waals surface area contributed by atoms with Crippen LogP contribution in [0.15, 0.2) is 58.8 Å². The number of carbonyl (C=O) groups excluding carboxylic acids is 2. The van der Waals surface area contributed by atoms with Crippen molar-refractivity contribution in [2.75, 3.05) is 5.75 Å². The summed E-state index contributed by atoms with van der Waals surface area (Å²) < 4.78 is 4.98. The zero-order valence-corrected chi connectivity index (χ0v) is 15.7. The summed E-state index contributed by atoms with van der Waals surface area (Å²) in [5, 5.41) is 4.79. The van der Waals surface area contributed by atoms with E-state index in [0.717, 1.165) is 16.6 Å². The van der Waals surface area contributed by atoms with E-state index in [-0.39, 0.29) is 17.6 Å². The number of thioether (sulfide) groups is 1. The highest BCUT2D eigenvalue weighted by Gasteiger charge is 2.07. The number of hydrazone groups is 1. The molecule has 0 atom stereocenters. The van der Waals surface area contributed by atoms with Crippen molar-refractivity contribution in [2.45, 2.75) is 19.0 Å². The van der Waals surface area contributed by atoms with Crippen LogP contribution < -0.4 is 10.2 Å². The standard InChI is InChI=1S/C19H18N4O3S/c1-12(14-7-9-15(10-8-14)26-13(2)24)22-23-18(25)11-27-19-20-16-5-3-4-6-17(16)21-19/h3-10H,11H2,1-2H3,(H,20,21)(H,23,25). The van der Waals surface area contributed by atoms with Gasteiger partial charge in [0, 0.05) is 6.92 Å². The van der Waals surface area contributed by atoms with Crippen LogP contribution in [0.1, 0.15) is 19.4 Å². The van der Waals surface area contributed by atoms with Crippen LogP contribution in [-0.2, 0) is 9.59 Å². The molecule has 2 N–H and O–H groups in total. The van der Waals surface area contributed by atoms with E-state index in [1.54, 1.807) is 31.2 Å². The molecule has 0 bridgehead atoms. The SMILES string of the molecule is CC(=O)Oc1ccc(C(C)=NNC(=O)CSc2nc3ccccc3[nH]2)cc1. The second kappa shape index (κ2) is 8.50. The molecule has 1 aromatic heterocycles. The maximum atomic E-state index is 12.0. The minimum absolute atomic E-state index is 0.196. The van der Waals surface area contributed by atoms with Gasteiger partial charge in [-0.2, -0.15) is 5.10 Å². The van der Waals surface area contributed by atoms with E-state index in [1.807, 2.05) is 24.3 Å². The third-order valence-corrected chi connectivity index (χ3v) is 4.46. The number of nitrogens with zero attached hydrogens (tertiary/aromatic N) is 2. The first-order chi connectivity index (χ1) is 13.0. The Morgan fingerprint density at radius 1 is 1.15 bits per heavy atom. The lowest BCUT2D eigenvalue weighted by atomic mass is 10.1. The van der Waals surface area contributed by atoms with Crippen LogP contribution in [-0.4, -0.2) is 33.3 Å². The van der Waals surface area contributed by atoms with Gasteiger partial charge in [0.1, 0.15) is 5.75 Å². The molecule has 0 aliphatic rings. The average molecular weight is 382 g/mol. The fourth-order valence-corrected chi connectivity index (χ4v) is 2.98. The molecule has 3 aromatic rings. The van der Waals surface area contributed by atoms with Gasteiger partial charge in [-0.25, -0.2) is 10.4 Å². The normalized spacial score (nSPS) is 11.4. The van der Waals surface area contributed by atoms with Crippen LogP contribution in [0.4, 0.5) is 0 Å². The number of H-pyrrole nitrogens is 1. The number of esters is 1. The molecule has 3 rings (SSSR count). The number of carbonyl (C=O) groups is 2. The number of para-hydroxylation sites is 2. The molecule has 0 saturated carbocycles. The Balaban J connectivity index is 1.53. The number of fused-ring (bicyclic) bond motifs is 1. The number of imidazole rings is 1. The second-order valence-corrected chi connectivity index (χ2v) is 6.66. The Hall–Kier alpha value is -3.13. The van der Waals surface area contributed by atoms with Gasteiger partial charge >= 0.3 is 5.97 Å². The summed E-state index contributed by atoms with van der Waals surface area (Å²) in [6.07, 6.45) is 0. The summed E-state index contributed by atoms with van der Waals surface area (Å²) in [6.45, 7) is 3.13. The third kappa shape index (κ3) is 5.18. The van der Waals surface area contributed by atoms with Crippen molar-refractivity contribution in [1.29, 1.82) is 0 Å². The van der Waals surface area contributed by atoms with Crippen LogP contribution in [0.3, 0.4) is 0 Å². The van der Waals surface area contributed by atoms with Crippen LogP contribution in [0.25, 0.3) is 11.0 Å². The van der Waals surface area contributed by atoms with Crippen LogP contribution in [0.2, 0.25) is 0 Å². The molecule has 0 radical (unpaired) electrons. The van der Waals surface area contributed by atoms with Gasteiger partial charge in [0.05, 0.1) is 22.5 Å². The van der Waals surface area contributed by atoms with Crippen molar-refractivity contribution in [3.8, 4) is 5.75 Å². The molecule has 0 unspecified atom stereocenters. The predicted molar refractivity (Wildman–Crippen MR) is 105 cm³/mol. The average Bonchev–Trinajstić information content (AvgIpc) is 3.07. The molecular formula is C19H18N4O3S. The molecule has 138 valence electrons. The van der Waals surface area contributed by atoms with Crippen molar-refractivity contribution in [3.05, 3.63) is 54.1 Å². The topological polar surface area (TPSA) is 96.4 Å². The number of rotatable bonds is 6. The van der Waals surface area contributed by atoms with Crippen molar-refractivity contribution < 1.29 is 14.3 Å². The number of nitrogens with one attached hydrogen (secondary N) is 2. The zero-order valence-electron chi connectivity index (χ0n) is 14.9. The quantitative estimate of drug-likeness (QED) is 0.224. The van der Waals surface area contributed by atoms with E-state index < -0.39 is 0 Å². The summed E-state index contributed by atoms with van der Waals surface area (Å²) in [5.74, 6) is 0.0612. The van der Waals surface area contributed by atoms with Crippen molar-refractivity contribution in [2.24, 2.45) is 5.10 Å². The first kappa shape index (κ1) is 18.7. The fraction of sp³-hybridized carbons (Fsp3) is 0.158. The summed E-state index contributed by atoms with van der Waals surface area (Å²) >= 11 is 1.31. The molecule has 7 nitrogen and oxygen atoms in total. The first-order valence-corrected chi connectivity index (χ1v) is 9.19. The van der Waals surface area contributed by atoms with Gasteiger partial charge in [-0.05, 0) is 48.9 Å². The van der Waals surface area contributed by atoms with E-state index in [2.05, 4.69) is 20.5 Å². The van der Waals surface area contributed by atoms with Gasteiger partial charge in [0.15, 0.2) is 5.16 Å². The Morgan fingerprint density at radius 2 is 1.89 bits per heavy atom. The predicted octanol–water partition coefficient (Wildman–Crippen LogP) is 3.12. The lowest BCUT2D eigenvalue weighted by molar-refractivity contribution is -0.131. The van der Waals surface area contributed by atoms with Crippen LogP contribution in [0, 0.1) is 0 Å². The van der Waals surface area contributed by atoms with Gasteiger partial charge in [-0.1, -0.05) is 23.9 Å². The largest absolute Gasteiger partial charge is 0.427 e. The fourth-order valence-electron chi connectivity index (χ4n) is 2.30. The Bertz CT molecular complexity index is 963. The van der Waals surface area contributed by atoms with E-state index in [1.165, 1.54) is 18.7 Å². The number of aromatic amines is 1. The van der Waals surface area contributed by atoms with Gasteiger partial charge < -0.3 is 9.72 Å². The van der Waals surface area contributed by atoms with Crippen LogP contribution >= 0.6 is 11.8 Å². The van der Waals surface area contributed by atoms with Gasteiger partial charge in [-0.3, -0.25) is 9.59 Å². The summed E-state index contributed by atoms with van der Waals surface area (Å²) in [7, 11) is 0. The summed E-state index contributed by atoms with van der Waals surface area (Å²) in [5.41, 5.74) is 5.80. The molecule has 1 heterocycles. The Morgan fingerprint density at radius 3 is 2.59 bits per heavy atom. The second-order valence-electron chi connectivity index (χ2n) is 5.70. The molecule has 1 amide bonds. The van der Waals surface area contributed by atoms with E-state index in [4.69, 9.17) is 4.74 Å². The lowest BCUT2D eigenvalue weighted by Gasteiger charge is -2.04. The number of hydrogen-bond donors (Lipinski definition) is 2. The minimum Gasteiger partial charge on any atom is -0.427 e. The number of amides is 1. The Kier molecular flexibility index (Phi) is 5.87. The maximum absolute atomic E-state index is 12.0.